The molecule has 3 rings (SSSR count). The maximum atomic E-state index is 11.4. The molecule has 0 atom stereocenters. The van der Waals surface area contributed by atoms with Crippen molar-refractivity contribution < 1.29 is 9.90 Å². The molecular formula is C25H30N4O2S. The molecule has 6 nitrogen and oxygen atoms in total. The summed E-state index contributed by atoms with van der Waals surface area (Å²) in [5, 5.41) is 12.6. The molecule has 2 N–H and O–H groups in total. The highest BCUT2D eigenvalue weighted by Gasteiger charge is 2.23. The molecule has 0 radical (unpaired) electrons. The summed E-state index contributed by atoms with van der Waals surface area (Å²) >= 11 is 1.55. The zero-order chi connectivity index (χ0) is 23.3. The van der Waals surface area contributed by atoms with Crippen LogP contribution in [0.15, 0.2) is 47.9 Å². The van der Waals surface area contributed by atoms with Crippen molar-refractivity contribution in [1.29, 1.82) is 0 Å². The van der Waals surface area contributed by atoms with Crippen LogP contribution in [0.2, 0.25) is 0 Å². The number of benzene rings is 1. The second-order valence-corrected chi connectivity index (χ2v) is 10.0. The van der Waals surface area contributed by atoms with E-state index < -0.39 is 6.09 Å². The largest absolute Gasteiger partial charge is 0.465 e. The van der Waals surface area contributed by atoms with Gasteiger partial charge in [0.15, 0.2) is 5.16 Å². The van der Waals surface area contributed by atoms with Gasteiger partial charge >= 0.3 is 6.09 Å². The molecule has 0 aliphatic carbocycles. The second-order valence-electron chi connectivity index (χ2n) is 9.06. The average molecular weight is 451 g/mol. The molecule has 1 amide bonds. The van der Waals surface area contributed by atoms with E-state index in [0.717, 1.165) is 40.1 Å². The second kappa shape index (κ2) is 10.1. The van der Waals surface area contributed by atoms with Gasteiger partial charge in [-0.1, -0.05) is 62.4 Å². The molecular weight excluding hydrogens is 420 g/mol. The zero-order valence-corrected chi connectivity index (χ0v) is 20.1. The van der Waals surface area contributed by atoms with Crippen LogP contribution in [0.25, 0.3) is 11.1 Å². The fraction of sp³-hybridized carbons (Fsp3) is 0.360. The van der Waals surface area contributed by atoms with E-state index in [9.17, 15) is 9.90 Å². The first-order chi connectivity index (χ1) is 15.1. The fourth-order valence-corrected chi connectivity index (χ4v) is 4.49. The van der Waals surface area contributed by atoms with Crippen LogP contribution in [0.4, 0.5) is 4.79 Å². The van der Waals surface area contributed by atoms with Gasteiger partial charge in [0, 0.05) is 41.6 Å². The first kappa shape index (κ1) is 23.7. The first-order valence-electron chi connectivity index (χ1n) is 10.6. The van der Waals surface area contributed by atoms with Crippen LogP contribution in [0.5, 0.6) is 0 Å². The lowest BCUT2D eigenvalue weighted by Gasteiger charge is -2.25. The van der Waals surface area contributed by atoms with E-state index in [0.29, 0.717) is 10.9 Å². The van der Waals surface area contributed by atoms with Gasteiger partial charge in [-0.2, -0.15) is 0 Å². The van der Waals surface area contributed by atoms with Crippen molar-refractivity contribution in [1.82, 2.24) is 20.3 Å². The number of aromatic nitrogens is 3. The number of carboxylic acid groups (broad SMARTS) is 1. The predicted molar refractivity (Wildman–Crippen MR) is 129 cm³/mol. The third-order valence-corrected chi connectivity index (χ3v) is 5.94. The number of nitrogens with one attached hydrogen (secondary N) is 1. The standard InChI is InChI=1S/C25H30N4O2S/c1-16-7-9-18(10-8-16)22-19(14-28-24(30)31)21(13-25(3,4)5)29-17(2)20(22)15-32-23-26-11-6-12-27-23/h6-12,28H,13-15H2,1-5H3,(H,30,31). The Bertz CT molecular complexity index is 1080. The van der Waals surface area contributed by atoms with Crippen LogP contribution in [0.1, 0.15) is 48.8 Å². The van der Waals surface area contributed by atoms with Crippen LogP contribution in [-0.2, 0) is 18.7 Å². The van der Waals surface area contributed by atoms with E-state index in [1.165, 1.54) is 5.56 Å². The van der Waals surface area contributed by atoms with Gasteiger partial charge in [0.2, 0.25) is 0 Å². The molecule has 0 bridgehead atoms. The van der Waals surface area contributed by atoms with Crippen molar-refractivity contribution in [3.05, 3.63) is 70.8 Å². The SMILES string of the molecule is Cc1ccc(-c2c(CSc3ncccn3)c(C)nc(CC(C)(C)C)c2CNC(=O)O)cc1. The highest BCUT2D eigenvalue weighted by molar-refractivity contribution is 7.98. The molecule has 0 saturated carbocycles. The van der Waals surface area contributed by atoms with Crippen molar-refractivity contribution in [2.24, 2.45) is 5.41 Å². The molecule has 0 aliphatic rings. The Morgan fingerprint density at radius 3 is 2.31 bits per heavy atom. The number of pyridine rings is 1. The number of hydrogen-bond acceptors (Lipinski definition) is 5. The summed E-state index contributed by atoms with van der Waals surface area (Å²) < 4.78 is 0. The molecule has 7 heteroatoms. The molecule has 168 valence electrons. The summed E-state index contributed by atoms with van der Waals surface area (Å²) in [5.41, 5.74) is 7.18. The van der Waals surface area contributed by atoms with E-state index in [1.807, 2.05) is 6.92 Å². The minimum absolute atomic E-state index is 0.0100. The third kappa shape index (κ3) is 6.29. The molecule has 0 fully saturated rings. The lowest BCUT2D eigenvalue weighted by Crippen LogP contribution is -2.24. The molecule has 2 aromatic heterocycles. The van der Waals surface area contributed by atoms with E-state index in [4.69, 9.17) is 4.98 Å². The summed E-state index contributed by atoms with van der Waals surface area (Å²) in [6.45, 7) is 10.8. The van der Waals surface area contributed by atoms with Crippen molar-refractivity contribution in [3.63, 3.8) is 0 Å². The molecule has 0 unspecified atom stereocenters. The summed E-state index contributed by atoms with van der Waals surface area (Å²) in [6.07, 6.45) is 3.17. The van der Waals surface area contributed by atoms with Gasteiger partial charge in [-0.15, -0.1) is 0 Å². The van der Waals surface area contributed by atoms with E-state index >= 15 is 0 Å². The maximum absolute atomic E-state index is 11.4. The monoisotopic (exact) mass is 450 g/mol. The topological polar surface area (TPSA) is 88.0 Å². The number of carbonyl (C=O) groups is 1. The summed E-state index contributed by atoms with van der Waals surface area (Å²) in [7, 11) is 0. The van der Waals surface area contributed by atoms with E-state index in [-0.39, 0.29) is 12.0 Å². The summed E-state index contributed by atoms with van der Waals surface area (Å²) in [4.78, 5) is 25.0. The highest BCUT2D eigenvalue weighted by Crippen LogP contribution is 2.36. The molecule has 32 heavy (non-hydrogen) atoms. The van der Waals surface area contributed by atoms with Crippen LogP contribution < -0.4 is 5.32 Å². The number of rotatable bonds is 7. The maximum Gasteiger partial charge on any atom is 0.404 e. The number of hydrogen-bond donors (Lipinski definition) is 2. The van der Waals surface area contributed by atoms with Crippen LogP contribution in [0.3, 0.4) is 0 Å². The number of amides is 1. The Hall–Kier alpha value is -2.93. The van der Waals surface area contributed by atoms with Crippen molar-refractivity contribution in [2.75, 3.05) is 0 Å². The average Bonchev–Trinajstić information content (AvgIpc) is 2.72. The predicted octanol–water partition coefficient (Wildman–Crippen LogP) is 5.80. The number of nitrogens with zero attached hydrogens (tertiary/aromatic N) is 3. The minimum Gasteiger partial charge on any atom is -0.465 e. The van der Waals surface area contributed by atoms with Crippen molar-refractivity contribution in [3.8, 4) is 11.1 Å². The normalized spacial score (nSPS) is 11.4. The van der Waals surface area contributed by atoms with Gasteiger partial charge in [0.05, 0.1) is 0 Å². The lowest BCUT2D eigenvalue weighted by atomic mass is 9.85. The molecule has 0 saturated heterocycles. The number of aryl methyl sites for hydroxylation is 2. The van der Waals surface area contributed by atoms with Crippen molar-refractivity contribution >= 4 is 17.9 Å². The quantitative estimate of drug-likeness (QED) is 0.349. The Kier molecular flexibility index (Phi) is 7.51. The van der Waals surface area contributed by atoms with Gasteiger partial charge in [-0.3, -0.25) is 4.98 Å². The van der Waals surface area contributed by atoms with Gasteiger partial charge in [-0.25, -0.2) is 14.8 Å². The Balaban J connectivity index is 2.18. The van der Waals surface area contributed by atoms with E-state index in [2.05, 4.69) is 67.2 Å². The van der Waals surface area contributed by atoms with Crippen LogP contribution in [0, 0.1) is 19.3 Å². The van der Waals surface area contributed by atoms with Crippen molar-refractivity contribution in [2.45, 2.75) is 58.5 Å². The Morgan fingerprint density at radius 1 is 1.06 bits per heavy atom. The Labute approximate surface area is 193 Å². The number of thioether (sulfide) groups is 1. The lowest BCUT2D eigenvalue weighted by molar-refractivity contribution is 0.194. The smallest absolute Gasteiger partial charge is 0.404 e. The summed E-state index contributed by atoms with van der Waals surface area (Å²) in [6, 6.07) is 10.2. The van der Waals surface area contributed by atoms with Crippen LogP contribution >= 0.6 is 11.8 Å². The first-order valence-corrected chi connectivity index (χ1v) is 11.6. The summed E-state index contributed by atoms with van der Waals surface area (Å²) in [5.74, 6) is 0.641. The van der Waals surface area contributed by atoms with Gasteiger partial charge < -0.3 is 10.4 Å². The van der Waals surface area contributed by atoms with Gasteiger partial charge in [-0.05, 0) is 48.4 Å². The van der Waals surface area contributed by atoms with Gasteiger partial charge in [0.25, 0.3) is 0 Å². The zero-order valence-electron chi connectivity index (χ0n) is 19.3. The van der Waals surface area contributed by atoms with Gasteiger partial charge in [0.1, 0.15) is 0 Å². The molecule has 1 aromatic carbocycles. The third-order valence-electron chi connectivity index (χ3n) is 5.03. The molecule has 0 spiro atoms. The molecule has 2 heterocycles. The Morgan fingerprint density at radius 2 is 1.72 bits per heavy atom. The molecule has 3 aromatic rings. The molecule has 0 aliphatic heterocycles. The minimum atomic E-state index is -1.05. The highest BCUT2D eigenvalue weighted by atomic mass is 32.2. The van der Waals surface area contributed by atoms with E-state index in [1.54, 1.807) is 30.2 Å². The van der Waals surface area contributed by atoms with Crippen LogP contribution in [-0.4, -0.2) is 26.2 Å². The fourth-order valence-electron chi connectivity index (χ4n) is 3.59.